The molecule has 3 nitrogen and oxygen atoms in total. The Hall–Kier alpha value is -1.56. The molecule has 0 radical (unpaired) electrons. The number of amides is 1. The zero-order chi connectivity index (χ0) is 15.2. The van der Waals surface area contributed by atoms with Crippen molar-refractivity contribution in [1.29, 1.82) is 0 Å². The molecule has 0 heterocycles. The van der Waals surface area contributed by atoms with Gasteiger partial charge in [0, 0.05) is 13.0 Å². The van der Waals surface area contributed by atoms with E-state index in [-0.39, 0.29) is 30.4 Å². The van der Waals surface area contributed by atoms with Crippen molar-refractivity contribution in [3.05, 3.63) is 35.4 Å². The second-order valence-corrected chi connectivity index (χ2v) is 4.65. The topological polar surface area (TPSA) is 55.1 Å². The molecule has 3 N–H and O–H groups in total. The third-order valence-corrected chi connectivity index (χ3v) is 3.18. The second kappa shape index (κ2) is 7.28. The highest BCUT2D eigenvalue weighted by Gasteiger charge is 2.32. The lowest BCUT2D eigenvalue weighted by atomic mass is 10.0. The maximum absolute atomic E-state index is 12.8. The summed E-state index contributed by atoms with van der Waals surface area (Å²) in [5.74, 6) is -0.216. The average Bonchev–Trinajstić information content (AvgIpc) is 2.41. The summed E-state index contributed by atoms with van der Waals surface area (Å²) < 4.78 is 38.3. The Morgan fingerprint density at radius 2 is 2.00 bits per heavy atom. The summed E-state index contributed by atoms with van der Waals surface area (Å²) in [6, 6.07) is 5.22. The molecule has 0 aliphatic carbocycles. The largest absolute Gasteiger partial charge is 0.416 e. The van der Waals surface area contributed by atoms with Gasteiger partial charge >= 0.3 is 6.18 Å². The van der Waals surface area contributed by atoms with Crippen LogP contribution in [0.25, 0.3) is 0 Å². The maximum atomic E-state index is 12.8. The predicted molar refractivity (Wildman–Crippen MR) is 70.7 cm³/mol. The number of carbonyl (C=O) groups excluding carboxylic acids is 1. The van der Waals surface area contributed by atoms with Crippen LogP contribution in [0.4, 0.5) is 13.2 Å². The van der Waals surface area contributed by atoms with Crippen LogP contribution in [0.3, 0.4) is 0 Å². The number of nitrogens with two attached hydrogens (primary N) is 1. The Morgan fingerprint density at radius 1 is 1.35 bits per heavy atom. The Labute approximate surface area is 116 Å². The molecule has 112 valence electrons. The lowest BCUT2D eigenvalue weighted by Crippen LogP contribution is -2.28. The molecule has 1 rings (SSSR count). The van der Waals surface area contributed by atoms with Crippen molar-refractivity contribution in [2.75, 3.05) is 6.54 Å². The summed E-state index contributed by atoms with van der Waals surface area (Å²) in [7, 11) is 0. The van der Waals surface area contributed by atoms with E-state index >= 15 is 0 Å². The second-order valence-electron chi connectivity index (χ2n) is 4.65. The molecule has 0 aliphatic rings. The van der Waals surface area contributed by atoms with E-state index in [1.807, 2.05) is 6.92 Å². The molecule has 0 saturated carbocycles. The number of nitrogens with one attached hydrogen (secondary N) is 1. The van der Waals surface area contributed by atoms with Crippen LogP contribution >= 0.6 is 0 Å². The molecule has 1 aromatic rings. The molecular weight excluding hydrogens is 269 g/mol. The molecule has 1 aromatic carbocycles. The van der Waals surface area contributed by atoms with E-state index < -0.39 is 11.7 Å². The SMILES string of the molecule is CCC(CN)CC(=O)NCc1ccccc1C(F)(F)F. The smallest absolute Gasteiger partial charge is 0.352 e. The molecule has 0 fully saturated rings. The molecule has 1 atom stereocenters. The van der Waals surface area contributed by atoms with Gasteiger partial charge in [-0.05, 0) is 24.1 Å². The molecule has 20 heavy (non-hydrogen) atoms. The molecule has 0 spiro atoms. The van der Waals surface area contributed by atoms with E-state index in [9.17, 15) is 18.0 Å². The highest BCUT2D eigenvalue weighted by Crippen LogP contribution is 2.31. The number of alkyl halides is 3. The van der Waals surface area contributed by atoms with Gasteiger partial charge in [-0.1, -0.05) is 31.5 Å². The quantitative estimate of drug-likeness (QED) is 0.845. The molecule has 0 aliphatic heterocycles. The lowest BCUT2D eigenvalue weighted by molar-refractivity contribution is -0.138. The van der Waals surface area contributed by atoms with Crippen molar-refractivity contribution < 1.29 is 18.0 Å². The van der Waals surface area contributed by atoms with Gasteiger partial charge in [0.25, 0.3) is 0 Å². The van der Waals surface area contributed by atoms with Crippen molar-refractivity contribution in [2.24, 2.45) is 11.7 Å². The Balaban J connectivity index is 2.64. The first-order valence-corrected chi connectivity index (χ1v) is 6.50. The number of hydrogen-bond acceptors (Lipinski definition) is 2. The number of hydrogen-bond donors (Lipinski definition) is 2. The van der Waals surface area contributed by atoms with Crippen molar-refractivity contribution >= 4 is 5.91 Å². The summed E-state index contributed by atoms with van der Waals surface area (Å²) in [6.45, 7) is 2.18. The van der Waals surface area contributed by atoms with Crippen LogP contribution in [-0.4, -0.2) is 12.5 Å². The Morgan fingerprint density at radius 3 is 2.55 bits per heavy atom. The van der Waals surface area contributed by atoms with Crippen LogP contribution in [0.1, 0.15) is 30.9 Å². The monoisotopic (exact) mass is 288 g/mol. The van der Waals surface area contributed by atoms with E-state index in [0.29, 0.717) is 6.54 Å². The van der Waals surface area contributed by atoms with Gasteiger partial charge in [0.05, 0.1) is 5.56 Å². The van der Waals surface area contributed by atoms with Crippen molar-refractivity contribution in [2.45, 2.75) is 32.5 Å². The van der Waals surface area contributed by atoms with Gasteiger partial charge in [0.1, 0.15) is 0 Å². The fourth-order valence-corrected chi connectivity index (χ4v) is 1.87. The van der Waals surface area contributed by atoms with Crippen LogP contribution in [0.5, 0.6) is 0 Å². The summed E-state index contributed by atoms with van der Waals surface area (Å²) in [5.41, 5.74) is 4.84. The van der Waals surface area contributed by atoms with Crippen LogP contribution < -0.4 is 11.1 Å². The van der Waals surface area contributed by atoms with E-state index in [1.165, 1.54) is 18.2 Å². The summed E-state index contributed by atoms with van der Waals surface area (Å²) in [6.07, 6.45) is -3.41. The van der Waals surface area contributed by atoms with Gasteiger partial charge < -0.3 is 11.1 Å². The molecular formula is C14H19F3N2O. The van der Waals surface area contributed by atoms with Crippen LogP contribution in [0, 0.1) is 5.92 Å². The fourth-order valence-electron chi connectivity index (χ4n) is 1.87. The number of benzene rings is 1. The van der Waals surface area contributed by atoms with Gasteiger partial charge in [-0.25, -0.2) is 0 Å². The molecule has 0 aromatic heterocycles. The number of carbonyl (C=O) groups is 1. The fraction of sp³-hybridized carbons (Fsp3) is 0.500. The first-order chi connectivity index (χ1) is 9.38. The standard InChI is InChI=1S/C14H19F3N2O/c1-2-10(8-18)7-13(20)19-9-11-5-3-4-6-12(11)14(15,16)17/h3-6,10H,2,7-9,18H2,1H3,(H,19,20). The first kappa shape index (κ1) is 16.5. The van der Waals surface area contributed by atoms with Crippen molar-refractivity contribution in [3.8, 4) is 0 Å². The number of halogens is 3. The first-order valence-electron chi connectivity index (χ1n) is 6.50. The van der Waals surface area contributed by atoms with Crippen molar-refractivity contribution in [1.82, 2.24) is 5.32 Å². The minimum atomic E-state index is -4.41. The highest BCUT2D eigenvalue weighted by atomic mass is 19.4. The van der Waals surface area contributed by atoms with E-state index in [1.54, 1.807) is 0 Å². The van der Waals surface area contributed by atoms with E-state index in [2.05, 4.69) is 5.32 Å². The minimum Gasteiger partial charge on any atom is -0.352 e. The molecule has 0 bridgehead atoms. The minimum absolute atomic E-state index is 0.0628. The molecule has 6 heteroatoms. The zero-order valence-corrected chi connectivity index (χ0v) is 11.3. The predicted octanol–water partition coefficient (Wildman–Crippen LogP) is 2.70. The van der Waals surface area contributed by atoms with Gasteiger partial charge in [0.2, 0.25) is 5.91 Å². The summed E-state index contributed by atoms with van der Waals surface area (Å²) in [5, 5.41) is 2.52. The zero-order valence-electron chi connectivity index (χ0n) is 11.3. The summed E-state index contributed by atoms with van der Waals surface area (Å²) >= 11 is 0. The molecule has 1 amide bonds. The highest BCUT2D eigenvalue weighted by molar-refractivity contribution is 5.76. The third-order valence-electron chi connectivity index (χ3n) is 3.18. The van der Waals surface area contributed by atoms with E-state index in [0.717, 1.165) is 12.5 Å². The van der Waals surface area contributed by atoms with Crippen LogP contribution in [-0.2, 0) is 17.5 Å². The molecule has 0 saturated heterocycles. The number of rotatable bonds is 6. The maximum Gasteiger partial charge on any atom is 0.416 e. The molecule has 1 unspecified atom stereocenters. The van der Waals surface area contributed by atoms with Crippen LogP contribution in [0.15, 0.2) is 24.3 Å². The van der Waals surface area contributed by atoms with Gasteiger partial charge in [-0.15, -0.1) is 0 Å². The average molecular weight is 288 g/mol. The third kappa shape index (κ3) is 4.85. The Bertz CT molecular complexity index is 442. The van der Waals surface area contributed by atoms with Gasteiger partial charge in [-0.3, -0.25) is 4.79 Å². The Kier molecular flexibility index (Phi) is 6.01. The normalized spacial score (nSPS) is 13.1. The van der Waals surface area contributed by atoms with Crippen LogP contribution in [0.2, 0.25) is 0 Å². The van der Waals surface area contributed by atoms with Gasteiger partial charge in [-0.2, -0.15) is 13.2 Å². The van der Waals surface area contributed by atoms with Gasteiger partial charge in [0.15, 0.2) is 0 Å². The van der Waals surface area contributed by atoms with Crippen molar-refractivity contribution in [3.63, 3.8) is 0 Å². The lowest BCUT2D eigenvalue weighted by Gasteiger charge is -2.15. The summed E-state index contributed by atoms with van der Waals surface area (Å²) in [4.78, 5) is 11.7. The van der Waals surface area contributed by atoms with E-state index in [4.69, 9.17) is 5.73 Å².